The summed E-state index contributed by atoms with van der Waals surface area (Å²) in [6.07, 6.45) is 1.35. The Labute approximate surface area is 171 Å². The molecule has 3 aromatic rings. The summed E-state index contributed by atoms with van der Waals surface area (Å²) < 4.78 is 33.4. The summed E-state index contributed by atoms with van der Waals surface area (Å²) in [5.74, 6) is 1.14. The van der Waals surface area contributed by atoms with Gasteiger partial charge in [0.25, 0.3) is 15.7 Å². The Morgan fingerprint density at radius 2 is 1.90 bits per heavy atom. The number of furan rings is 1. The molecule has 0 atom stereocenters. The van der Waals surface area contributed by atoms with Crippen molar-refractivity contribution in [2.75, 3.05) is 10.1 Å². The summed E-state index contributed by atoms with van der Waals surface area (Å²) in [6.45, 7) is 1.77. The zero-order valence-electron chi connectivity index (χ0n) is 15.0. The molecule has 0 radical (unpaired) electrons. The summed E-state index contributed by atoms with van der Waals surface area (Å²) >= 11 is 6.01. The standard InChI is InChI=1S/C18H15ClN4O5S/c1-12-6-8-14(28-12)11-20-21-17-9-7-13(23(24)25)10-18(17)29(26,27)22-16-5-3-2-4-15(16)19/h2-11,21-22H,1H3/b20-11+. The van der Waals surface area contributed by atoms with E-state index in [1.165, 1.54) is 30.5 Å². The van der Waals surface area contributed by atoms with E-state index >= 15 is 0 Å². The van der Waals surface area contributed by atoms with Crippen LogP contribution in [0, 0.1) is 17.0 Å². The summed E-state index contributed by atoms with van der Waals surface area (Å²) in [6, 6.07) is 13.0. The van der Waals surface area contributed by atoms with E-state index in [-0.39, 0.29) is 27.0 Å². The van der Waals surface area contributed by atoms with Gasteiger partial charge in [0.05, 0.1) is 27.5 Å². The molecule has 0 aliphatic heterocycles. The Bertz CT molecular complexity index is 1190. The van der Waals surface area contributed by atoms with Crippen molar-refractivity contribution in [3.8, 4) is 0 Å². The smallest absolute Gasteiger partial charge is 0.270 e. The highest BCUT2D eigenvalue weighted by Crippen LogP contribution is 2.30. The maximum atomic E-state index is 12.9. The molecule has 1 aromatic heterocycles. The minimum atomic E-state index is -4.21. The molecule has 0 unspecified atom stereocenters. The maximum Gasteiger partial charge on any atom is 0.270 e. The third-order valence-electron chi connectivity index (χ3n) is 3.72. The first kappa shape index (κ1) is 20.4. The fourth-order valence-corrected chi connectivity index (χ4v) is 3.87. The minimum absolute atomic E-state index is 0.0367. The van der Waals surface area contributed by atoms with Gasteiger partial charge in [-0.2, -0.15) is 5.10 Å². The normalized spacial score (nSPS) is 11.5. The van der Waals surface area contributed by atoms with Crippen molar-refractivity contribution < 1.29 is 17.8 Å². The van der Waals surface area contributed by atoms with E-state index in [1.807, 2.05) is 0 Å². The molecule has 0 aliphatic carbocycles. The number of nitro groups is 1. The van der Waals surface area contributed by atoms with Gasteiger partial charge in [-0.3, -0.25) is 20.3 Å². The van der Waals surface area contributed by atoms with Gasteiger partial charge >= 0.3 is 0 Å². The second-order valence-corrected chi connectivity index (χ2v) is 7.90. The highest BCUT2D eigenvalue weighted by Gasteiger charge is 2.23. The molecule has 0 saturated heterocycles. The van der Waals surface area contributed by atoms with Crippen molar-refractivity contribution in [1.82, 2.24) is 0 Å². The second-order valence-electron chi connectivity index (χ2n) is 5.84. The lowest BCUT2D eigenvalue weighted by Gasteiger charge is -2.12. The van der Waals surface area contributed by atoms with E-state index in [0.717, 1.165) is 6.07 Å². The molecule has 150 valence electrons. The number of sulfonamides is 1. The van der Waals surface area contributed by atoms with Crippen molar-refractivity contribution >= 4 is 44.9 Å². The van der Waals surface area contributed by atoms with Crippen LogP contribution >= 0.6 is 11.6 Å². The van der Waals surface area contributed by atoms with Gasteiger partial charge in [-0.1, -0.05) is 23.7 Å². The summed E-state index contributed by atoms with van der Waals surface area (Å²) in [5, 5.41) is 15.2. The average molecular weight is 435 g/mol. The van der Waals surface area contributed by atoms with Gasteiger partial charge in [0.2, 0.25) is 0 Å². The molecule has 0 spiro atoms. The lowest BCUT2D eigenvalue weighted by molar-refractivity contribution is -0.385. The minimum Gasteiger partial charge on any atom is -0.460 e. The van der Waals surface area contributed by atoms with Crippen molar-refractivity contribution in [3.63, 3.8) is 0 Å². The number of halogens is 1. The summed E-state index contributed by atoms with van der Waals surface area (Å²) in [5.41, 5.74) is 2.37. The molecular formula is C18H15ClN4O5S. The third-order valence-corrected chi connectivity index (χ3v) is 5.46. The zero-order chi connectivity index (χ0) is 21.0. The van der Waals surface area contributed by atoms with E-state index in [0.29, 0.717) is 11.5 Å². The molecule has 3 rings (SSSR count). The number of hydrazone groups is 1. The van der Waals surface area contributed by atoms with Gasteiger partial charge in [0.1, 0.15) is 16.4 Å². The molecule has 0 aliphatic rings. The average Bonchev–Trinajstić information content (AvgIpc) is 3.08. The van der Waals surface area contributed by atoms with Gasteiger partial charge in [-0.25, -0.2) is 8.42 Å². The van der Waals surface area contributed by atoms with Crippen LogP contribution in [-0.4, -0.2) is 19.6 Å². The van der Waals surface area contributed by atoms with E-state index in [2.05, 4.69) is 15.2 Å². The first-order chi connectivity index (χ1) is 13.8. The van der Waals surface area contributed by atoms with Crippen LogP contribution in [0.15, 0.2) is 69.0 Å². The number of rotatable bonds is 7. The van der Waals surface area contributed by atoms with Crippen molar-refractivity contribution in [2.45, 2.75) is 11.8 Å². The fourth-order valence-electron chi connectivity index (χ4n) is 2.37. The molecule has 11 heteroatoms. The molecular weight excluding hydrogens is 420 g/mol. The van der Waals surface area contributed by atoms with Crippen LogP contribution in [0.4, 0.5) is 17.1 Å². The molecule has 0 amide bonds. The Morgan fingerprint density at radius 3 is 2.55 bits per heavy atom. The van der Waals surface area contributed by atoms with Gasteiger partial charge in [-0.05, 0) is 37.3 Å². The number of nitrogens with zero attached hydrogens (tertiary/aromatic N) is 2. The largest absolute Gasteiger partial charge is 0.460 e. The van der Waals surface area contributed by atoms with Crippen LogP contribution in [-0.2, 0) is 10.0 Å². The van der Waals surface area contributed by atoms with E-state index < -0.39 is 14.9 Å². The number of para-hydroxylation sites is 1. The topological polar surface area (TPSA) is 127 Å². The van der Waals surface area contributed by atoms with Gasteiger partial charge in [-0.15, -0.1) is 0 Å². The first-order valence-electron chi connectivity index (χ1n) is 8.17. The molecule has 0 saturated carbocycles. The highest BCUT2D eigenvalue weighted by molar-refractivity contribution is 7.93. The Kier molecular flexibility index (Phi) is 5.85. The maximum absolute atomic E-state index is 12.9. The molecule has 1 heterocycles. The third kappa shape index (κ3) is 4.92. The SMILES string of the molecule is Cc1ccc(/C=N/Nc2ccc([N+](=O)[O-])cc2S(=O)(=O)Nc2ccccc2Cl)o1. The Morgan fingerprint density at radius 1 is 1.14 bits per heavy atom. The number of non-ortho nitro benzene ring substituents is 1. The van der Waals surface area contributed by atoms with Gasteiger partial charge < -0.3 is 4.42 Å². The number of nitrogens with one attached hydrogen (secondary N) is 2. The van der Waals surface area contributed by atoms with Crippen LogP contribution in [0.3, 0.4) is 0 Å². The second kappa shape index (κ2) is 8.33. The molecule has 29 heavy (non-hydrogen) atoms. The van der Waals surface area contributed by atoms with E-state index in [9.17, 15) is 18.5 Å². The highest BCUT2D eigenvalue weighted by atomic mass is 35.5. The monoisotopic (exact) mass is 434 g/mol. The lowest BCUT2D eigenvalue weighted by atomic mass is 10.3. The molecule has 9 nitrogen and oxygen atoms in total. The number of benzene rings is 2. The van der Waals surface area contributed by atoms with Crippen LogP contribution in [0.25, 0.3) is 0 Å². The van der Waals surface area contributed by atoms with Crippen molar-refractivity contribution in [1.29, 1.82) is 0 Å². The van der Waals surface area contributed by atoms with Gasteiger partial charge in [0.15, 0.2) is 0 Å². The Balaban J connectivity index is 1.96. The number of nitro benzene ring substituents is 1. The van der Waals surface area contributed by atoms with E-state index in [1.54, 1.807) is 31.2 Å². The number of hydrogen-bond acceptors (Lipinski definition) is 7. The zero-order valence-corrected chi connectivity index (χ0v) is 16.6. The molecule has 0 bridgehead atoms. The number of aryl methyl sites for hydroxylation is 1. The molecule has 0 fully saturated rings. The van der Waals surface area contributed by atoms with Crippen LogP contribution < -0.4 is 10.1 Å². The van der Waals surface area contributed by atoms with Crippen LogP contribution in [0.2, 0.25) is 5.02 Å². The quantitative estimate of drug-likeness (QED) is 0.322. The molecule has 2 N–H and O–H groups in total. The van der Waals surface area contributed by atoms with Crippen LogP contribution in [0.1, 0.15) is 11.5 Å². The first-order valence-corrected chi connectivity index (χ1v) is 10.0. The fraction of sp³-hybridized carbons (Fsp3) is 0.0556. The summed E-state index contributed by atoms with van der Waals surface area (Å²) in [7, 11) is -4.21. The predicted octanol–water partition coefficient (Wildman–Crippen LogP) is 4.40. The number of anilines is 2. The predicted molar refractivity (Wildman–Crippen MR) is 110 cm³/mol. The van der Waals surface area contributed by atoms with Crippen molar-refractivity contribution in [2.24, 2.45) is 5.10 Å². The van der Waals surface area contributed by atoms with E-state index in [4.69, 9.17) is 16.0 Å². The van der Waals surface area contributed by atoms with Crippen LogP contribution in [0.5, 0.6) is 0 Å². The lowest BCUT2D eigenvalue weighted by Crippen LogP contribution is -2.15. The number of hydrogen-bond donors (Lipinski definition) is 2. The molecule has 2 aromatic carbocycles. The van der Waals surface area contributed by atoms with Crippen molar-refractivity contribution in [3.05, 3.63) is 81.3 Å². The Hall–Kier alpha value is -3.37. The van der Waals surface area contributed by atoms with Gasteiger partial charge in [0, 0.05) is 12.1 Å². The summed E-state index contributed by atoms with van der Waals surface area (Å²) in [4.78, 5) is 10.1.